The Bertz CT molecular complexity index is 1040. The molecule has 2 aromatic carbocycles. The Labute approximate surface area is 174 Å². The lowest BCUT2D eigenvalue weighted by atomic mass is 10.2. The first-order chi connectivity index (χ1) is 14.7. The molecule has 156 valence electrons. The Morgan fingerprint density at radius 1 is 1.07 bits per heavy atom. The van der Waals surface area contributed by atoms with E-state index in [0.717, 1.165) is 6.42 Å². The lowest BCUT2D eigenvalue weighted by Gasteiger charge is -2.26. The number of aryl methyl sites for hydroxylation is 1. The average molecular weight is 408 g/mol. The molecule has 7 heteroatoms. The molecule has 2 amide bonds. The summed E-state index contributed by atoms with van der Waals surface area (Å²) in [6, 6.07) is 14.9. The number of carbonyl (C=O) groups is 2. The van der Waals surface area contributed by atoms with E-state index in [1.54, 1.807) is 11.0 Å². The molecule has 0 aliphatic carbocycles. The maximum absolute atomic E-state index is 13.0. The topological polar surface area (TPSA) is 81.0 Å². The molecule has 1 saturated heterocycles. The van der Waals surface area contributed by atoms with Gasteiger partial charge in [-0.05, 0) is 36.2 Å². The van der Waals surface area contributed by atoms with Crippen LogP contribution in [0.3, 0.4) is 0 Å². The van der Waals surface area contributed by atoms with E-state index < -0.39 is 0 Å². The van der Waals surface area contributed by atoms with Gasteiger partial charge in [0, 0.05) is 18.5 Å². The Morgan fingerprint density at radius 3 is 2.53 bits per heavy atom. The first-order valence-corrected chi connectivity index (χ1v) is 10.1. The lowest BCUT2D eigenvalue weighted by Crippen LogP contribution is -2.40. The molecular formula is C23H24N2O5. The molecule has 2 heterocycles. The fourth-order valence-corrected chi connectivity index (χ4v) is 3.38. The molecule has 1 aliphatic rings. The van der Waals surface area contributed by atoms with Gasteiger partial charge in [0.2, 0.25) is 5.76 Å². The molecule has 0 unspecified atom stereocenters. The van der Waals surface area contributed by atoms with E-state index in [9.17, 15) is 9.59 Å². The van der Waals surface area contributed by atoms with Crippen molar-refractivity contribution in [3.63, 3.8) is 0 Å². The van der Waals surface area contributed by atoms with Crippen LogP contribution in [0.15, 0.2) is 52.9 Å². The summed E-state index contributed by atoms with van der Waals surface area (Å²) in [6.45, 7) is 3.85. The fraction of sp³-hybridized carbons (Fsp3) is 0.304. The zero-order valence-electron chi connectivity index (χ0n) is 16.8. The van der Waals surface area contributed by atoms with Crippen molar-refractivity contribution in [3.8, 4) is 5.75 Å². The second-order valence-corrected chi connectivity index (χ2v) is 7.04. The van der Waals surface area contributed by atoms with Gasteiger partial charge in [0.15, 0.2) is 6.61 Å². The van der Waals surface area contributed by atoms with Crippen molar-refractivity contribution in [1.82, 2.24) is 4.90 Å². The zero-order chi connectivity index (χ0) is 20.9. The Kier molecular flexibility index (Phi) is 5.99. The van der Waals surface area contributed by atoms with Crippen molar-refractivity contribution in [2.24, 2.45) is 0 Å². The quantitative estimate of drug-likeness (QED) is 0.675. The monoisotopic (exact) mass is 408 g/mol. The Balaban J connectivity index is 1.51. The number of para-hydroxylation sites is 1. The third-order valence-corrected chi connectivity index (χ3v) is 5.05. The van der Waals surface area contributed by atoms with Crippen LogP contribution < -0.4 is 10.1 Å². The molecule has 0 atom stereocenters. The second-order valence-electron chi connectivity index (χ2n) is 7.04. The van der Waals surface area contributed by atoms with Crippen molar-refractivity contribution in [2.45, 2.75) is 13.3 Å². The Hall–Kier alpha value is -3.32. The van der Waals surface area contributed by atoms with Crippen molar-refractivity contribution >= 4 is 28.5 Å². The minimum Gasteiger partial charge on any atom is -0.484 e. The van der Waals surface area contributed by atoms with E-state index in [1.807, 2.05) is 42.5 Å². The number of carbonyl (C=O) groups excluding carboxylic acids is 2. The largest absolute Gasteiger partial charge is 0.484 e. The molecule has 0 bridgehead atoms. The number of ether oxygens (including phenoxy) is 2. The molecule has 30 heavy (non-hydrogen) atoms. The molecule has 7 nitrogen and oxygen atoms in total. The first-order valence-electron chi connectivity index (χ1n) is 10.1. The molecule has 4 rings (SSSR count). The standard InChI is InChI=1S/C23H24N2O5/c1-2-16-7-9-17(10-8-16)29-15-20(26)24-21-18-5-3-4-6-19(18)30-22(21)23(27)25-11-13-28-14-12-25/h3-10H,2,11-15H2,1H3,(H,24,26). The maximum atomic E-state index is 13.0. The summed E-state index contributed by atoms with van der Waals surface area (Å²) in [5.74, 6) is 0.112. The van der Waals surface area contributed by atoms with Gasteiger partial charge in [-0.2, -0.15) is 0 Å². The van der Waals surface area contributed by atoms with Gasteiger partial charge in [0.1, 0.15) is 17.0 Å². The van der Waals surface area contributed by atoms with Crippen LogP contribution in [0.4, 0.5) is 5.69 Å². The van der Waals surface area contributed by atoms with E-state index >= 15 is 0 Å². The molecular weight excluding hydrogens is 384 g/mol. The van der Waals surface area contributed by atoms with Gasteiger partial charge in [-0.25, -0.2) is 0 Å². The molecule has 1 N–H and O–H groups in total. The highest BCUT2D eigenvalue weighted by Gasteiger charge is 2.27. The van der Waals surface area contributed by atoms with Gasteiger partial charge in [0.05, 0.1) is 13.2 Å². The summed E-state index contributed by atoms with van der Waals surface area (Å²) in [5.41, 5.74) is 2.11. The van der Waals surface area contributed by atoms with E-state index in [0.29, 0.717) is 48.7 Å². The van der Waals surface area contributed by atoms with Crippen LogP contribution in [-0.4, -0.2) is 49.6 Å². The molecule has 0 radical (unpaired) electrons. The summed E-state index contributed by atoms with van der Waals surface area (Å²) in [7, 11) is 0. The van der Waals surface area contributed by atoms with Crippen molar-refractivity contribution in [3.05, 3.63) is 59.9 Å². The molecule has 1 aliphatic heterocycles. The summed E-state index contributed by atoms with van der Waals surface area (Å²) < 4.78 is 16.7. The lowest BCUT2D eigenvalue weighted by molar-refractivity contribution is -0.118. The van der Waals surface area contributed by atoms with Gasteiger partial charge in [-0.15, -0.1) is 0 Å². The minimum atomic E-state index is -0.364. The number of rotatable bonds is 6. The predicted octanol–water partition coefficient (Wildman–Crippen LogP) is 3.49. The number of morpholine rings is 1. The van der Waals surface area contributed by atoms with Gasteiger partial charge in [-0.1, -0.05) is 31.2 Å². The molecule has 0 saturated carbocycles. The highest BCUT2D eigenvalue weighted by Crippen LogP contribution is 2.32. The van der Waals surface area contributed by atoms with Crippen LogP contribution in [0, 0.1) is 0 Å². The second kappa shape index (κ2) is 9.00. The summed E-state index contributed by atoms with van der Waals surface area (Å²) in [6.07, 6.45) is 0.939. The van der Waals surface area contributed by atoms with Gasteiger partial charge in [0.25, 0.3) is 11.8 Å². The van der Waals surface area contributed by atoms with E-state index in [4.69, 9.17) is 13.9 Å². The van der Waals surface area contributed by atoms with Crippen LogP contribution >= 0.6 is 0 Å². The smallest absolute Gasteiger partial charge is 0.291 e. The molecule has 0 spiro atoms. The minimum absolute atomic E-state index is 0.124. The fourth-order valence-electron chi connectivity index (χ4n) is 3.38. The van der Waals surface area contributed by atoms with Crippen LogP contribution in [-0.2, 0) is 16.0 Å². The van der Waals surface area contributed by atoms with Gasteiger partial charge in [-0.3, -0.25) is 9.59 Å². The van der Waals surface area contributed by atoms with Crippen LogP contribution in [0.1, 0.15) is 23.0 Å². The SMILES string of the molecule is CCc1ccc(OCC(=O)Nc2c(C(=O)N3CCOCC3)oc3ccccc23)cc1. The number of anilines is 1. The Morgan fingerprint density at radius 2 is 1.80 bits per heavy atom. The van der Waals surface area contributed by atoms with Gasteiger partial charge < -0.3 is 24.1 Å². The normalized spacial score (nSPS) is 14.0. The number of furan rings is 1. The van der Waals surface area contributed by atoms with Gasteiger partial charge >= 0.3 is 0 Å². The van der Waals surface area contributed by atoms with E-state index in [-0.39, 0.29) is 24.2 Å². The zero-order valence-corrected chi connectivity index (χ0v) is 16.8. The molecule has 1 aromatic heterocycles. The molecule has 1 fully saturated rings. The number of amides is 2. The third-order valence-electron chi connectivity index (χ3n) is 5.05. The highest BCUT2D eigenvalue weighted by atomic mass is 16.5. The first kappa shape index (κ1) is 20.0. The number of benzene rings is 2. The number of hydrogen-bond donors (Lipinski definition) is 1. The van der Waals surface area contributed by atoms with Crippen molar-refractivity contribution in [2.75, 3.05) is 38.2 Å². The number of nitrogens with one attached hydrogen (secondary N) is 1. The summed E-state index contributed by atoms with van der Waals surface area (Å²) in [4.78, 5) is 27.3. The van der Waals surface area contributed by atoms with E-state index in [1.165, 1.54) is 5.56 Å². The predicted molar refractivity (Wildman–Crippen MR) is 113 cm³/mol. The van der Waals surface area contributed by atoms with E-state index in [2.05, 4.69) is 12.2 Å². The molecule has 3 aromatic rings. The number of nitrogens with zero attached hydrogens (tertiary/aromatic N) is 1. The van der Waals surface area contributed by atoms with Crippen molar-refractivity contribution in [1.29, 1.82) is 0 Å². The average Bonchev–Trinajstić information content (AvgIpc) is 3.16. The highest BCUT2D eigenvalue weighted by molar-refractivity contribution is 6.11. The number of fused-ring (bicyclic) bond motifs is 1. The third kappa shape index (κ3) is 4.31. The van der Waals surface area contributed by atoms with Crippen LogP contribution in [0.2, 0.25) is 0 Å². The van der Waals surface area contributed by atoms with Crippen molar-refractivity contribution < 1.29 is 23.5 Å². The maximum Gasteiger partial charge on any atom is 0.291 e. The van der Waals surface area contributed by atoms with Crippen LogP contribution in [0.25, 0.3) is 11.0 Å². The number of hydrogen-bond acceptors (Lipinski definition) is 5. The summed E-state index contributed by atoms with van der Waals surface area (Å²) in [5, 5.41) is 3.49. The summed E-state index contributed by atoms with van der Waals surface area (Å²) >= 11 is 0. The van der Waals surface area contributed by atoms with Crippen LogP contribution in [0.5, 0.6) is 5.75 Å².